The molecule has 7 heteroatoms. The second kappa shape index (κ2) is 5.71. The quantitative estimate of drug-likeness (QED) is 0.425. The van der Waals surface area contributed by atoms with Crippen LogP contribution in [0.15, 0.2) is 23.2 Å². The third-order valence-corrected chi connectivity index (χ3v) is 2.69. The molecule has 100 valence electrons. The number of hydrogen-bond donors (Lipinski definition) is 2. The molecular weight excluding hydrogens is 270 g/mol. The maximum Gasteiger partial charge on any atom is 0.375 e. The van der Waals surface area contributed by atoms with Crippen molar-refractivity contribution in [2.75, 3.05) is 20.3 Å². The molecule has 0 bridgehead atoms. The van der Waals surface area contributed by atoms with Crippen molar-refractivity contribution < 1.29 is 14.3 Å². The molecule has 1 heterocycles. The van der Waals surface area contributed by atoms with E-state index in [0.717, 1.165) is 0 Å². The summed E-state index contributed by atoms with van der Waals surface area (Å²) in [5, 5.41) is 11.1. The van der Waals surface area contributed by atoms with Gasteiger partial charge >= 0.3 is 5.97 Å². The molecule has 0 atom stereocenters. The Labute approximate surface area is 114 Å². The van der Waals surface area contributed by atoms with Crippen LogP contribution in [0.25, 0.3) is 0 Å². The molecule has 19 heavy (non-hydrogen) atoms. The standard InChI is InChI=1S/C12H12ClN3O3/c1-18-12(17)10(14)16-11-8-3-2-7(13)6-9(8)19-5-4-15-11/h2-3,6H,4-5H2,1H3,(H2,14,15,16). The molecule has 0 amide bonds. The summed E-state index contributed by atoms with van der Waals surface area (Å²) in [7, 11) is 1.20. The predicted octanol–water partition coefficient (Wildman–Crippen LogP) is 1.22. The van der Waals surface area contributed by atoms with Gasteiger partial charge in [-0.1, -0.05) is 11.6 Å². The monoisotopic (exact) mass is 281 g/mol. The van der Waals surface area contributed by atoms with E-state index in [4.69, 9.17) is 21.7 Å². The number of carbonyl (C=O) groups excluding carboxylic acids is 1. The van der Waals surface area contributed by atoms with Crippen LogP contribution in [0.5, 0.6) is 5.75 Å². The number of aliphatic imine (C=N–C) groups is 1. The summed E-state index contributed by atoms with van der Waals surface area (Å²) in [6.45, 7) is 0.956. The van der Waals surface area contributed by atoms with E-state index < -0.39 is 11.8 Å². The molecule has 0 aromatic heterocycles. The topological polar surface area (TPSA) is 83.8 Å². The van der Waals surface area contributed by atoms with E-state index >= 15 is 0 Å². The zero-order valence-electron chi connectivity index (χ0n) is 10.2. The highest BCUT2D eigenvalue weighted by molar-refractivity contribution is 6.37. The van der Waals surface area contributed by atoms with Gasteiger partial charge in [-0.25, -0.2) is 9.79 Å². The van der Waals surface area contributed by atoms with Crippen molar-refractivity contribution in [2.45, 2.75) is 0 Å². The highest BCUT2D eigenvalue weighted by Gasteiger charge is 2.17. The van der Waals surface area contributed by atoms with Crippen molar-refractivity contribution in [3.63, 3.8) is 0 Å². The molecule has 0 saturated heterocycles. The van der Waals surface area contributed by atoms with Crippen molar-refractivity contribution in [3.8, 4) is 5.75 Å². The van der Waals surface area contributed by atoms with Gasteiger partial charge in [-0.2, -0.15) is 0 Å². The number of esters is 1. The van der Waals surface area contributed by atoms with Crippen molar-refractivity contribution in [1.29, 1.82) is 5.41 Å². The van der Waals surface area contributed by atoms with Gasteiger partial charge in [0.2, 0.25) is 5.84 Å². The Morgan fingerprint density at radius 2 is 2.37 bits per heavy atom. The fourth-order valence-electron chi connectivity index (χ4n) is 1.59. The first kappa shape index (κ1) is 13.4. The van der Waals surface area contributed by atoms with Crippen LogP contribution in [-0.4, -0.2) is 37.9 Å². The van der Waals surface area contributed by atoms with Crippen LogP contribution >= 0.6 is 11.6 Å². The maximum atomic E-state index is 11.2. The molecule has 1 aliphatic heterocycles. The summed E-state index contributed by atoms with van der Waals surface area (Å²) in [6, 6.07) is 5.08. The predicted molar refractivity (Wildman–Crippen MR) is 71.2 cm³/mol. The lowest BCUT2D eigenvalue weighted by atomic mass is 10.2. The lowest BCUT2D eigenvalue weighted by Gasteiger charge is -2.08. The average Bonchev–Trinajstić information content (AvgIpc) is 2.59. The van der Waals surface area contributed by atoms with Crippen LogP contribution in [0.1, 0.15) is 5.56 Å². The zero-order valence-corrected chi connectivity index (χ0v) is 11.0. The van der Waals surface area contributed by atoms with Crippen LogP contribution in [0.4, 0.5) is 0 Å². The summed E-state index contributed by atoms with van der Waals surface area (Å²) in [6.07, 6.45) is 0. The van der Waals surface area contributed by atoms with E-state index in [1.54, 1.807) is 18.2 Å². The maximum absolute atomic E-state index is 11.2. The summed E-state index contributed by atoms with van der Waals surface area (Å²) in [5.74, 6) is -0.323. The molecule has 0 fully saturated rings. The zero-order chi connectivity index (χ0) is 13.8. The largest absolute Gasteiger partial charge is 0.491 e. The summed E-state index contributed by atoms with van der Waals surface area (Å²) < 4.78 is 9.95. The molecule has 0 unspecified atom stereocenters. The fraction of sp³-hybridized carbons (Fsp3) is 0.250. The Morgan fingerprint density at radius 1 is 1.58 bits per heavy atom. The molecule has 0 spiro atoms. The third kappa shape index (κ3) is 3.03. The molecule has 1 aromatic carbocycles. The SMILES string of the molecule is COC(=O)C(=N)/N=C1\NCCOc2cc(Cl)ccc21. The number of fused-ring (bicyclic) bond motifs is 1. The Bertz CT molecular complexity index is 557. The first-order valence-corrected chi connectivity index (χ1v) is 5.92. The summed E-state index contributed by atoms with van der Waals surface area (Å²) >= 11 is 5.90. The summed E-state index contributed by atoms with van der Waals surface area (Å²) in [4.78, 5) is 15.1. The Morgan fingerprint density at radius 3 is 3.11 bits per heavy atom. The summed E-state index contributed by atoms with van der Waals surface area (Å²) in [5.41, 5.74) is 0.649. The minimum absolute atomic E-state index is 0.388. The Balaban J connectivity index is 2.39. The van der Waals surface area contributed by atoms with Crippen molar-refractivity contribution in [1.82, 2.24) is 5.32 Å². The minimum atomic E-state index is -0.796. The number of halogens is 1. The van der Waals surface area contributed by atoms with Gasteiger partial charge in [-0.05, 0) is 18.2 Å². The number of carbonyl (C=O) groups is 1. The van der Waals surface area contributed by atoms with E-state index in [9.17, 15) is 4.79 Å². The average molecular weight is 282 g/mol. The lowest BCUT2D eigenvalue weighted by molar-refractivity contribution is -0.132. The number of ether oxygens (including phenoxy) is 2. The molecule has 0 aliphatic carbocycles. The van der Waals surface area contributed by atoms with Crippen molar-refractivity contribution in [2.24, 2.45) is 4.99 Å². The van der Waals surface area contributed by atoms with Crippen LogP contribution in [0, 0.1) is 5.41 Å². The highest BCUT2D eigenvalue weighted by Crippen LogP contribution is 2.24. The van der Waals surface area contributed by atoms with Gasteiger partial charge in [0.15, 0.2) is 0 Å². The van der Waals surface area contributed by atoms with Crippen LogP contribution in [-0.2, 0) is 9.53 Å². The smallest absolute Gasteiger partial charge is 0.375 e. The second-order valence-corrected chi connectivity index (χ2v) is 4.15. The molecule has 2 rings (SSSR count). The lowest BCUT2D eigenvalue weighted by Crippen LogP contribution is -2.28. The van der Waals surface area contributed by atoms with Crippen LogP contribution < -0.4 is 10.1 Å². The van der Waals surface area contributed by atoms with Crippen molar-refractivity contribution >= 4 is 29.2 Å². The molecule has 0 saturated carbocycles. The second-order valence-electron chi connectivity index (χ2n) is 3.72. The van der Waals surface area contributed by atoms with Crippen LogP contribution in [0.3, 0.4) is 0 Å². The molecule has 6 nitrogen and oxygen atoms in total. The number of nitrogens with zero attached hydrogens (tertiary/aromatic N) is 1. The van der Waals surface area contributed by atoms with Gasteiger partial charge in [0, 0.05) is 5.02 Å². The minimum Gasteiger partial charge on any atom is -0.491 e. The van der Waals surface area contributed by atoms with E-state index in [1.807, 2.05) is 0 Å². The fourth-order valence-corrected chi connectivity index (χ4v) is 1.75. The van der Waals surface area contributed by atoms with Gasteiger partial charge in [0.25, 0.3) is 0 Å². The van der Waals surface area contributed by atoms with Gasteiger partial charge < -0.3 is 14.8 Å². The molecule has 0 radical (unpaired) electrons. The Hall–Kier alpha value is -2.08. The van der Waals surface area contributed by atoms with Gasteiger partial charge in [-0.15, -0.1) is 0 Å². The third-order valence-electron chi connectivity index (χ3n) is 2.45. The Kier molecular flexibility index (Phi) is 4.01. The number of benzene rings is 1. The van der Waals surface area contributed by atoms with Gasteiger partial charge in [-0.3, -0.25) is 5.41 Å². The molecular formula is C12H12ClN3O3. The van der Waals surface area contributed by atoms with E-state index in [1.165, 1.54) is 7.11 Å². The first-order chi connectivity index (χ1) is 9.11. The molecule has 2 N–H and O–H groups in total. The van der Waals surface area contributed by atoms with Gasteiger partial charge in [0.1, 0.15) is 18.2 Å². The van der Waals surface area contributed by atoms with E-state index in [-0.39, 0.29) is 0 Å². The van der Waals surface area contributed by atoms with Crippen molar-refractivity contribution in [3.05, 3.63) is 28.8 Å². The first-order valence-electron chi connectivity index (χ1n) is 5.54. The van der Waals surface area contributed by atoms with E-state index in [2.05, 4.69) is 15.0 Å². The molecule has 1 aliphatic rings. The normalized spacial score (nSPS) is 15.8. The molecule has 1 aromatic rings. The van der Waals surface area contributed by atoms with Gasteiger partial charge in [0.05, 0.1) is 19.2 Å². The number of rotatable bonds is 0. The number of hydrogen-bond acceptors (Lipinski definition) is 4. The highest BCUT2D eigenvalue weighted by atomic mass is 35.5. The number of nitrogens with one attached hydrogen (secondary N) is 2. The number of amidine groups is 2. The van der Waals surface area contributed by atoms with Crippen LogP contribution in [0.2, 0.25) is 5.02 Å². The van der Waals surface area contributed by atoms with E-state index in [0.29, 0.717) is 35.3 Å². The number of methoxy groups -OCH3 is 1.